The Hall–Kier alpha value is -2.63. The summed E-state index contributed by atoms with van der Waals surface area (Å²) in [5.41, 5.74) is 8.59. The molecule has 2 aromatic rings. The fraction of sp³-hybridized carbons (Fsp3) is 0.267. The lowest BCUT2D eigenvalue weighted by Gasteiger charge is -2.13. The van der Waals surface area contributed by atoms with Crippen molar-refractivity contribution in [2.24, 2.45) is 7.05 Å². The predicted molar refractivity (Wildman–Crippen MR) is 77.6 cm³/mol. The van der Waals surface area contributed by atoms with E-state index in [0.29, 0.717) is 16.8 Å². The number of hydrogen-bond donors (Lipinski definition) is 1. The summed E-state index contributed by atoms with van der Waals surface area (Å²) in [6, 6.07) is 6.86. The topological polar surface area (TPSA) is 81.2 Å². The Morgan fingerprint density at radius 3 is 2.62 bits per heavy atom. The van der Waals surface area contributed by atoms with Gasteiger partial charge in [-0.3, -0.25) is 19.2 Å². The molecular weight excluding hydrogens is 268 g/mol. The molecule has 0 radical (unpaired) electrons. The van der Waals surface area contributed by atoms with Crippen molar-refractivity contribution in [3.8, 4) is 0 Å². The van der Waals surface area contributed by atoms with E-state index < -0.39 is 0 Å². The van der Waals surface area contributed by atoms with Gasteiger partial charge in [0.05, 0.1) is 29.1 Å². The maximum absolute atomic E-state index is 12.4. The summed E-state index contributed by atoms with van der Waals surface area (Å²) >= 11 is 0. The van der Waals surface area contributed by atoms with E-state index >= 15 is 0 Å². The summed E-state index contributed by atoms with van der Waals surface area (Å²) in [6.07, 6.45) is 0.808. The fourth-order valence-corrected chi connectivity index (χ4v) is 2.56. The van der Waals surface area contributed by atoms with Gasteiger partial charge in [-0.15, -0.1) is 0 Å². The van der Waals surface area contributed by atoms with Gasteiger partial charge in [-0.2, -0.15) is 5.10 Å². The molecule has 1 aliphatic heterocycles. The van der Waals surface area contributed by atoms with Crippen LogP contribution in [0.4, 0.5) is 5.69 Å². The molecule has 0 spiro atoms. The zero-order valence-corrected chi connectivity index (χ0v) is 12.0. The van der Waals surface area contributed by atoms with Crippen LogP contribution >= 0.6 is 0 Å². The summed E-state index contributed by atoms with van der Waals surface area (Å²) < 4.78 is 1.70. The Balaban J connectivity index is 1.95. The molecule has 2 amide bonds. The highest BCUT2D eigenvalue weighted by Crippen LogP contribution is 2.28. The number of benzene rings is 1. The molecule has 0 atom stereocenters. The number of imide groups is 1. The third-order valence-electron chi connectivity index (χ3n) is 3.74. The molecule has 2 N–H and O–H groups in total. The van der Waals surface area contributed by atoms with E-state index in [4.69, 9.17) is 5.73 Å². The highest BCUT2D eigenvalue weighted by atomic mass is 16.2. The number of anilines is 1. The SMILES string of the molecule is CCc1cc(CN2C(=O)c3cccc(N)c3C2=O)n(C)n1. The van der Waals surface area contributed by atoms with Crippen LogP contribution in [0.1, 0.15) is 39.0 Å². The van der Waals surface area contributed by atoms with Gasteiger partial charge in [0, 0.05) is 12.7 Å². The number of nitrogens with two attached hydrogens (primary N) is 1. The molecule has 2 heterocycles. The van der Waals surface area contributed by atoms with Crippen LogP contribution in [0.25, 0.3) is 0 Å². The van der Waals surface area contributed by atoms with Crippen molar-refractivity contribution in [3.63, 3.8) is 0 Å². The molecule has 0 unspecified atom stereocenters. The molecule has 108 valence electrons. The van der Waals surface area contributed by atoms with E-state index in [9.17, 15) is 9.59 Å². The number of carbonyl (C=O) groups is 2. The highest BCUT2D eigenvalue weighted by Gasteiger charge is 2.37. The van der Waals surface area contributed by atoms with Gasteiger partial charge in [0.15, 0.2) is 0 Å². The van der Waals surface area contributed by atoms with Gasteiger partial charge in [0.25, 0.3) is 11.8 Å². The largest absolute Gasteiger partial charge is 0.398 e. The lowest BCUT2D eigenvalue weighted by molar-refractivity contribution is 0.0639. The summed E-state index contributed by atoms with van der Waals surface area (Å²) in [5, 5.41) is 4.33. The first kappa shape index (κ1) is 13.4. The number of aryl methyl sites for hydroxylation is 2. The lowest BCUT2D eigenvalue weighted by Crippen LogP contribution is -2.30. The standard InChI is InChI=1S/C15H16N4O2/c1-3-9-7-10(18(2)17-9)8-19-14(20)11-5-4-6-12(16)13(11)15(19)21/h4-7H,3,8,16H2,1-2H3. The monoisotopic (exact) mass is 284 g/mol. The molecule has 1 aromatic carbocycles. The first-order chi connectivity index (χ1) is 10.0. The zero-order chi connectivity index (χ0) is 15.1. The molecule has 1 aliphatic rings. The highest BCUT2D eigenvalue weighted by molar-refractivity contribution is 6.23. The first-order valence-corrected chi connectivity index (χ1v) is 6.79. The molecule has 0 saturated carbocycles. The van der Waals surface area contributed by atoms with Crippen molar-refractivity contribution >= 4 is 17.5 Å². The lowest BCUT2D eigenvalue weighted by atomic mass is 10.1. The second-order valence-corrected chi connectivity index (χ2v) is 5.07. The van der Waals surface area contributed by atoms with E-state index in [2.05, 4.69) is 5.10 Å². The van der Waals surface area contributed by atoms with Crippen LogP contribution in [0.3, 0.4) is 0 Å². The molecule has 1 aromatic heterocycles. The first-order valence-electron chi connectivity index (χ1n) is 6.79. The average molecular weight is 284 g/mol. The Morgan fingerprint density at radius 1 is 1.24 bits per heavy atom. The van der Waals surface area contributed by atoms with Crippen molar-refractivity contribution in [2.75, 3.05) is 5.73 Å². The number of amides is 2. The fourth-order valence-electron chi connectivity index (χ4n) is 2.56. The number of carbonyl (C=O) groups excluding carboxylic acids is 2. The molecule has 0 bridgehead atoms. The van der Waals surface area contributed by atoms with Crippen LogP contribution in [0.2, 0.25) is 0 Å². The Labute approximate surface area is 122 Å². The smallest absolute Gasteiger partial charge is 0.264 e. The van der Waals surface area contributed by atoms with E-state index in [0.717, 1.165) is 17.8 Å². The molecule has 3 rings (SSSR count). The molecule has 0 fully saturated rings. The number of rotatable bonds is 3. The number of fused-ring (bicyclic) bond motifs is 1. The van der Waals surface area contributed by atoms with Gasteiger partial charge in [-0.25, -0.2) is 0 Å². The van der Waals surface area contributed by atoms with Crippen molar-refractivity contribution in [1.29, 1.82) is 0 Å². The quantitative estimate of drug-likeness (QED) is 0.681. The summed E-state index contributed by atoms with van der Waals surface area (Å²) in [4.78, 5) is 26.0. The van der Waals surface area contributed by atoms with Crippen LogP contribution in [-0.4, -0.2) is 26.5 Å². The Morgan fingerprint density at radius 2 is 2.00 bits per heavy atom. The molecule has 0 saturated heterocycles. The van der Waals surface area contributed by atoms with Crippen molar-refractivity contribution in [3.05, 3.63) is 46.8 Å². The molecule has 6 nitrogen and oxygen atoms in total. The third-order valence-corrected chi connectivity index (χ3v) is 3.74. The maximum atomic E-state index is 12.4. The number of nitrogen functional groups attached to an aromatic ring is 1. The van der Waals surface area contributed by atoms with Crippen LogP contribution in [-0.2, 0) is 20.0 Å². The zero-order valence-electron chi connectivity index (χ0n) is 12.0. The van der Waals surface area contributed by atoms with Gasteiger partial charge in [0.1, 0.15) is 0 Å². The second-order valence-electron chi connectivity index (χ2n) is 5.07. The van der Waals surface area contributed by atoms with Gasteiger partial charge in [0.2, 0.25) is 0 Å². The maximum Gasteiger partial charge on any atom is 0.264 e. The van der Waals surface area contributed by atoms with Crippen LogP contribution in [0.5, 0.6) is 0 Å². The summed E-state index contributed by atoms with van der Waals surface area (Å²) in [5.74, 6) is -0.645. The minimum absolute atomic E-state index is 0.204. The second kappa shape index (κ2) is 4.73. The summed E-state index contributed by atoms with van der Waals surface area (Å²) in [7, 11) is 1.81. The molecule has 0 aliphatic carbocycles. The van der Waals surface area contributed by atoms with Crippen molar-refractivity contribution < 1.29 is 9.59 Å². The Bertz CT molecular complexity index is 748. The molecular formula is C15H16N4O2. The minimum Gasteiger partial charge on any atom is -0.398 e. The van der Waals surface area contributed by atoms with Gasteiger partial charge in [-0.05, 0) is 24.6 Å². The molecule has 6 heteroatoms. The number of nitrogens with zero attached hydrogens (tertiary/aromatic N) is 3. The van der Waals surface area contributed by atoms with E-state index in [1.165, 1.54) is 4.90 Å². The molecule has 21 heavy (non-hydrogen) atoms. The predicted octanol–water partition coefficient (Wildman–Crippen LogP) is 1.36. The van der Waals surface area contributed by atoms with Gasteiger partial charge < -0.3 is 5.73 Å². The third kappa shape index (κ3) is 1.99. The Kier molecular flexibility index (Phi) is 3.01. The van der Waals surface area contributed by atoms with Crippen molar-refractivity contribution in [1.82, 2.24) is 14.7 Å². The van der Waals surface area contributed by atoms with E-state index in [-0.39, 0.29) is 18.4 Å². The van der Waals surface area contributed by atoms with E-state index in [1.807, 2.05) is 13.0 Å². The number of hydrogen-bond acceptors (Lipinski definition) is 4. The average Bonchev–Trinajstić information content (AvgIpc) is 2.93. The summed E-state index contributed by atoms with van der Waals surface area (Å²) in [6.45, 7) is 2.21. The van der Waals surface area contributed by atoms with Crippen LogP contribution < -0.4 is 5.73 Å². The minimum atomic E-state index is -0.340. The normalized spacial score (nSPS) is 13.9. The van der Waals surface area contributed by atoms with Crippen molar-refractivity contribution in [2.45, 2.75) is 19.9 Å². The van der Waals surface area contributed by atoms with Gasteiger partial charge >= 0.3 is 0 Å². The van der Waals surface area contributed by atoms with Crippen LogP contribution in [0.15, 0.2) is 24.3 Å². The van der Waals surface area contributed by atoms with E-state index in [1.54, 1.807) is 29.9 Å². The van der Waals surface area contributed by atoms with Crippen LogP contribution in [0, 0.1) is 0 Å². The number of aromatic nitrogens is 2. The van der Waals surface area contributed by atoms with Gasteiger partial charge in [-0.1, -0.05) is 13.0 Å².